The maximum atomic E-state index is 12.5. The molecule has 23 heavy (non-hydrogen) atoms. The van der Waals surface area contributed by atoms with Crippen molar-refractivity contribution in [1.29, 1.82) is 0 Å². The lowest BCUT2D eigenvalue weighted by atomic mass is 9.97. The van der Waals surface area contributed by atoms with E-state index in [1.165, 1.54) is 5.56 Å². The van der Waals surface area contributed by atoms with Gasteiger partial charge in [-0.15, -0.1) is 0 Å². The predicted octanol–water partition coefficient (Wildman–Crippen LogP) is 3.14. The molecule has 1 aliphatic rings. The van der Waals surface area contributed by atoms with E-state index in [1.807, 2.05) is 24.3 Å². The van der Waals surface area contributed by atoms with Crippen molar-refractivity contribution in [1.82, 2.24) is 9.80 Å². The minimum Gasteiger partial charge on any atom is -0.331 e. The summed E-state index contributed by atoms with van der Waals surface area (Å²) >= 11 is 0. The third kappa shape index (κ3) is 4.47. The third-order valence-corrected chi connectivity index (χ3v) is 4.29. The summed E-state index contributed by atoms with van der Waals surface area (Å²) in [4.78, 5) is 27.8. The zero-order valence-corrected chi connectivity index (χ0v) is 14.5. The second-order valence-corrected chi connectivity index (χ2v) is 6.73. The monoisotopic (exact) mass is 317 g/mol. The molecule has 1 heterocycles. The molecule has 0 bridgehead atoms. The minimum atomic E-state index is -0.141. The third-order valence-electron chi connectivity index (χ3n) is 4.29. The van der Waals surface area contributed by atoms with Gasteiger partial charge in [0.05, 0.1) is 5.92 Å². The number of piperidine rings is 1. The number of carbonyl (C=O) groups is 2. The van der Waals surface area contributed by atoms with Crippen LogP contribution in [-0.4, -0.2) is 48.9 Å². The Bertz CT molecular complexity index is 552. The number of carbonyl (C=O) groups excluding carboxylic acids is 2. The molecule has 5 heteroatoms. The molecular formula is C18H27N3O2. The largest absolute Gasteiger partial charge is 0.331 e. The molecule has 1 fully saturated rings. The topological polar surface area (TPSA) is 52.7 Å². The highest BCUT2D eigenvalue weighted by Crippen LogP contribution is 2.21. The molecule has 1 unspecified atom stereocenters. The van der Waals surface area contributed by atoms with Gasteiger partial charge < -0.3 is 15.1 Å². The van der Waals surface area contributed by atoms with Crippen LogP contribution in [0.15, 0.2) is 24.3 Å². The highest BCUT2D eigenvalue weighted by Gasteiger charge is 2.29. The highest BCUT2D eigenvalue weighted by atomic mass is 16.2. The first kappa shape index (κ1) is 17.3. The number of nitrogens with one attached hydrogen (secondary N) is 1. The Balaban J connectivity index is 1.96. The van der Waals surface area contributed by atoms with Crippen molar-refractivity contribution < 1.29 is 9.59 Å². The van der Waals surface area contributed by atoms with Crippen LogP contribution in [0.3, 0.4) is 0 Å². The maximum absolute atomic E-state index is 12.5. The molecule has 1 aromatic carbocycles. The predicted molar refractivity (Wildman–Crippen MR) is 92.5 cm³/mol. The van der Waals surface area contributed by atoms with Crippen LogP contribution in [-0.2, 0) is 4.79 Å². The molecule has 0 saturated carbocycles. The minimum absolute atomic E-state index is 0.00134. The normalized spacial score (nSPS) is 18.0. The van der Waals surface area contributed by atoms with Crippen LogP contribution in [0.4, 0.5) is 10.5 Å². The van der Waals surface area contributed by atoms with E-state index in [4.69, 9.17) is 0 Å². The zero-order valence-electron chi connectivity index (χ0n) is 14.5. The van der Waals surface area contributed by atoms with Gasteiger partial charge in [0.25, 0.3) is 0 Å². The molecule has 126 valence electrons. The average Bonchev–Trinajstić information content (AvgIpc) is 2.54. The Hall–Kier alpha value is -2.04. The highest BCUT2D eigenvalue weighted by molar-refractivity contribution is 5.93. The van der Waals surface area contributed by atoms with Gasteiger partial charge in [-0.25, -0.2) is 4.79 Å². The van der Waals surface area contributed by atoms with Crippen LogP contribution < -0.4 is 5.32 Å². The fraction of sp³-hybridized carbons (Fsp3) is 0.556. The van der Waals surface area contributed by atoms with E-state index in [1.54, 1.807) is 23.9 Å². The van der Waals surface area contributed by atoms with Crippen LogP contribution in [0.5, 0.6) is 0 Å². The molecule has 1 N–H and O–H groups in total. The van der Waals surface area contributed by atoms with E-state index in [2.05, 4.69) is 19.2 Å². The van der Waals surface area contributed by atoms with Crippen LogP contribution >= 0.6 is 0 Å². The average molecular weight is 317 g/mol. The van der Waals surface area contributed by atoms with Gasteiger partial charge in [-0.05, 0) is 36.5 Å². The van der Waals surface area contributed by atoms with Crippen molar-refractivity contribution >= 4 is 17.6 Å². The quantitative estimate of drug-likeness (QED) is 0.931. The molecule has 2 rings (SSSR count). The number of urea groups is 1. The van der Waals surface area contributed by atoms with Crippen LogP contribution in [0.1, 0.15) is 38.2 Å². The second kappa shape index (κ2) is 7.49. The maximum Gasteiger partial charge on any atom is 0.319 e. The van der Waals surface area contributed by atoms with Gasteiger partial charge in [0.2, 0.25) is 5.91 Å². The first-order valence-electron chi connectivity index (χ1n) is 8.25. The molecule has 0 spiro atoms. The standard InChI is InChI=1S/C18H27N3O2/c1-13(2)14-7-9-16(10-8-14)19-17(22)15-6-5-11-21(12-15)18(23)20(3)4/h7-10,13,15H,5-6,11-12H2,1-4H3,(H,19,22). The molecular weight excluding hydrogens is 290 g/mol. The Morgan fingerprint density at radius 1 is 1.22 bits per heavy atom. The molecule has 1 aromatic rings. The van der Waals surface area contributed by atoms with Crippen molar-refractivity contribution in [2.24, 2.45) is 5.92 Å². The lowest BCUT2D eigenvalue weighted by molar-refractivity contribution is -0.121. The summed E-state index contributed by atoms with van der Waals surface area (Å²) < 4.78 is 0. The number of amides is 3. The Morgan fingerprint density at radius 2 is 1.87 bits per heavy atom. The smallest absolute Gasteiger partial charge is 0.319 e. The summed E-state index contributed by atoms with van der Waals surface area (Å²) in [6.45, 7) is 5.51. The number of benzene rings is 1. The Labute approximate surface area is 138 Å². The summed E-state index contributed by atoms with van der Waals surface area (Å²) in [5.41, 5.74) is 2.07. The van der Waals surface area contributed by atoms with Gasteiger partial charge >= 0.3 is 6.03 Å². The number of rotatable bonds is 3. The van der Waals surface area contributed by atoms with E-state index < -0.39 is 0 Å². The summed E-state index contributed by atoms with van der Waals surface area (Å²) in [6, 6.07) is 7.95. The SMILES string of the molecule is CC(C)c1ccc(NC(=O)C2CCCN(C(=O)N(C)C)C2)cc1. The van der Waals surface area contributed by atoms with E-state index in [0.717, 1.165) is 25.1 Å². The number of anilines is 1. The van der Waals surface area contributed by atoms with E-state index in [9.17, 15) is 9.59 Å². The molecule has 1 atom stereocenters. The fourth-order valence-electron chi connectivity index (χ4n) is 2.84. The van der Waals surface area contributed by atoms with Crippen LogP contribution in [0, 0.1) is 5.92 Å². The van der Waals surface area contributed by atoms with Crippen molar-refractivity contribution in [2.45, 2.75) is 32.6 Å². The molecule has 1 aliphatic heterocycles. The Morgan fingerprint density at radius 3 is 2.43 bits per heavy atom. The molecule has 1 saturated heterocycles. The van der Waals surface area contributed by atoms with Gasteiger partial charge in [0.15, 0.2) is 0 Å². The summed E-state index contributed by atoms with van der Waals surface area (Å²) in [5.74, 6) is 0.333. The van der Waals surface area contributed by atoms with Gasteiger partial charge in [-0.2, -0.15) is 0 Å². The van der Waals surface area contributed by atoms with E-state index in [0.29, 0.717) is 12.5 Å². The van der Waals surface area contributed by atoms with Gasteiger partial charge in [0.1, 0.15) is 0 Å². The summed E-state index contributed by atoms with van der Waals surface area (Å²) in [7, 11) is 3.48. The molecule has 0 aliphatic carbocycles. The zero-order chi connectivity index (χ0) is 17.0. The first-order valence-corrected chi connectivity index (χ1v) is 8.25. The van der Waals surface area contributed by atoms with Crippen molar-refractivity contribution in [3.8, 4) is 0 Å². The molecule has 3 amide bonds. The van der Waals surface area contributed by atoms with E-state index in [-0.39, 0.29) is 17.9 Å². The van der Waals surface area contributed by atoms with Crippen LogP contribution in [0.25, 0.3) is 0 Å². The molecule has 5 nitrogen and oxygen atoms in total. The van der Waals surface area contributed by atoms with Crippen molar-refractivity contribution in [2.75, 3.05) is 32.5 Å². The lowest BCUT2D eigenvalue weighted by Gasteiger charge is -2.33. The number of nitrogens with zero attached hydrogens (tertiary/aromatic N) is 2. The Kier molecular flexibility index (Phi) is 5.64. The van der Waals surface area contributed by atoms with Gasteiger partial charge in [0, 0.05) is 32.9 Å². The van der Waals surface area contributed by atoms with E-state index >= 15 is 0 Å². The van der Waals surface area contributed by atoms with Crippen molar-refractivity contribution in [3.05, 3.63) is 29.8 Å². The molecule has 0 radical (unpaired) electrons. The summed E-state index contributed by atoms with van der Waals surface area (Å²) in [6.07, 6.45) is 1.69. The second-order valence-electron chi connectivity index (χ2n) is 6.73. The van der Waals surface area contributed by atoms with Crippen molar-refractivity contribution in [3.63, 3.8) is 0 Å². The lowest BCUT2D eigenvalue weighted by Crippen LogP contribution is -2.47. The summed E-state index contributed by atoms with van der Waals surface area (Å²) in [5, 5.41) is 2.98. The fourth-order valence-corrected chi connectivity index (χ4v) is 2.84. The number of hydrogen-bond acceptors (Lipinski definition) is 2. The van der Waals surface area contributed by atoms with Gasteiger partial charge in [-0.3, -0.25) is 4.79 Å². The first-order chi connectivity index (χ1) is 10.9. The van der Waals surface area contributed by atoms with Gasteiger partial charge in [-0.1, -0.05) is 26.0 Å². The number of hydrogen-bond donors (Lipinski definition) is 1. The number of likely N-dealkylation sites (tertiary alicyclic amines) is 1. The molecule has 0 aromatic heterocycles. The van der Waals surface area contributed by atoms with Crippen LogP contribution in [0.2, 0.25) is 0 Å².